The van der Waals surface area contributed by atoms with Crippen molar-refractivity contribution in [1.82, 2.24) is 0 Å². The van der Waals surface area contributed by atoms with Gasteiger partial charge in [0.2, 0.25) is 0 Å². The zero-order valence-electron chi connectivity index (χ0n) is 9.04. The van der Waals surface area contributed by atoms with E-state index in [1.54, 1.807) is 31.2 Å². The van der Waals surface area contributed by atoms with Crippen LogP contribution < -0.4 is 5.32 Å². The smallest absolute Gasteiger partial charge is 0.180 e. The predicted molar refractivity (Wildman–Crippen MR) is 59.5 cm³/mol. The second kappa shape index (κ2) is 5.81. The molecule has 0 radical (unpaired) electrons. The van der Waals surface area contributed by atoms with Crippen LogP contribution in [0.3, 0.4) is 0 Å². The molecule has 0 amide bonds. The summed E-state index contributed by atoms with van der Waals surface area (Å²) in [6.07, 6.45) is -2.93. The molecule has 1 aromatic carbocycles. The van der Waals surface area contributed by atoms with Gasteiger partial charge in [-0.1, -0.05) is 25.1 Å². The molecule has 1 rings (SSSR count). The Balaban J connectivity index is 2.66. The van der Waals surface area contributed by atoms with Gasteiger partial charge >= 0.3 is 0 Å². The van der Waals surface area contributed by atoms with E-state index in [1.165, 1.54) is 0 Å². The van der Waals surface area contributed by atoms with Gasteiger partial charge in [-0.25, -0.2) is 0 Å². The maximum atomic E-state index is 9.10. The topological polar surface area (TPSA) is 93.0 Å². The quantitative estimate of drug-likeness (QED) is 0.458. The molecule has 0 saturated carbocycles. The number of para-hydroxylation sites is 1. The molecule has 1 aromatic rings. The van der Waals surface area contributed by atoms with Crippen LogP contribution in [0.15, 0.2) is 24.3 Å². The minimum absolute atomic E-state index is 0.335. The lowest BCUT2D eigenvalue weighted by Gasteiger charge is -2.17. The normalized spacial score (nSPS) is 13.2. The van der Waals surface area contributed by atoms with E-state index in [0.29, 0.717) is 17.8 Å². The lowest BCUT2D eigenvalue weighted by molar-refractivity contribution is -0.0745. The minimum atomic E-state index is -1.54. The van der Waals surface area contributed by atoms with Crippen LogP contribution in [0.5, 0.6) is 0 Å². The average Bonchev–Trinajstić information content (AvgIpc) is 2.25. The number of aliphatic hydroxyl groups excluding tert-OH is 2. The van der Waals surface area contributed by atoms with Crippen molar-refractivity contribution in [3.8, 4) is 0 Å². The van der Waals surface area contributed by atoms with Crippen molar-refractivity contribution in [1.29, 1.82) is 0 Å². The largest absolute Gasteiger partial charge is 0.384 e. The number of nitrogens with one attached hydrogen (secondary N) is 1. The summed E-state index contributed by atoms with van der Waals surface area (Å²) in [7, 11) is 0. The average molecular weight is 227 g/mol. The Kier molecular flexibility index (Phi) is 4.70. The highest BCUT2D eigenvalue weighted by Gasteiger charge is 2.12. The molecule has 5 nitrogen and oxygen atoms in total. The third kappa shape index (κ3) is 3.46. The summed E-state index contributed by atoms with van der Waals surface area (Å²) >= 11 is 0. The molecular weight excluding hydrogens is 210 g/mol. The zero-order valence-corrected chi connectivity index (χ0v) is 9.04. The van der Waals surface area contributed by atoms with Gasteiger partial charge in [-0.05, 0) is 6.07 Å². The van der Waals surface area contributed by atoms with Crippen molar-refractivity contribution >= 4 is 5.69 Å². The maximum absolute atomic E-state index is 9.10. The Bertz CT molecular complexity index is 328. The van der Waals surface area contributed by atoms with E-state index in [1.807, 2.05) is 0 Å². The molecule has 16 heavy (non-hydrogen) atoms. The summed E-state index contributed by atoms with van der Waals surface area (Å²) < 4.78 is 0. The van der Waals surface area contributed by atoms with Gasteiger partial charge in [0.25, 0.3) is 0 Å². The fourth-order valence-electron chi connectivity index (χ4n) is 1.26. The first-order chi connectivity index (χ1) is 7.52. The molecule has 90 valence electrons. The van der Waals surface area contributed by atoms with Gasteiger partial charge in [0.05, 0.1) is 0 Å². The van der Waals surface area contributed by atoms with Gasteiger partial charge < -0.3 is 25.7 Å². The van der Waals surface area contributed by atoms with Crippen molar-refractivity contribution in [3.05, 3.63) is 29.8 Å². The van der Waals surface area contributed by atoms with Crippen LogP contribution in [0.1, 0.15) is 18.8 Å². The second-order valence-corrected chi connectivity index (χ2v) is 3.73. The predicted octanol–water partition coefficient (Wildman–Crippen LogP) is 0.0285. The Morgan fingerprint density at radius 3 is 2.31 bits per heavy atom. The molecule has 0 aromatic heterocycles. The number of rotatable bonds is 5. The molecular formula is C11H17NO4. The molecule has 5 heteroatoms. The number of anilines is 1. The standard InChI is InChI=1S/C11H17NO4/c1-7(10(13)14)6-12-9-5-3-2-4-8(9)11(15)16/h2-5,7,10-16H,6H2,1H3. The van der Waals surface area contributed by atoms with Crippen molar-refractivity contribution < 1.29 is 20.4 Å². The summed E-state index contributed by atoms with van der Waals surface area (Å²) in [6.45, 7) is 2.01. The first-order valence-corrected chi connectivity index (χ1v) is 5.07. The van der Waals surface area contributed by atoms with Crippen LogP contribution in [0.4, 0.5) is 5.69 Å². The van der Waals surface area contributed by atoms with Gasteiger partial charge in [-0.3, -0.25) is 0 Å². The molecule has 0 heterocycles. The number of hydrogen-bond donors (Lipinski definition) is 5. The van der Waals surface area contributed by atoms with Gasteiger partial charge in [0.15, 0.2) is 12.6 Å². The molecule has 1 unspecified atom stereocenters. The third-order valence-electron chi connectivity index (χ3n) is 2.36. The molecule has 0 aliphatic rings. The van der Waals surface area contributed by atoms with E-state index >= 15 is 0 Å². The summed E-state index contributed by atoms with van der Waals surface area (Å²) in [5, 5.41) is 38.9. The third-order valence-corrected chi connectivity index (χ3v) is 2.36. The summed E-state index contributed by atoms with van der Waals surface area (Å²) in [4.78, 5) is 0. The first-order valence-electron chi connectivity index (χ1n) is 5.07. The number of aliphatic hydroxyl groups is 4. The Hall–Kier alpha value is -1.14. The fourth-order valence-corrected chi connectivity index (χ4v) is 1.26. The SMILES string of the molecule is CC(CNc1ccccc1C(O)O)C(O)O. The molecule has 0 aliphatic heterocycles. The minimum Gasteiger partial charge on any atom is -0.384 e. The lowest BCUT2D eigenvalue weighted by Crippen LogP contribution is -2.24. The Morgan fingerprint density at radius 1 is 1.12 bits per heavy atom. The highest BCUT2D eigenvalue weighted by Crippen LogP contribution is 2.21. The summed E-state index contributed by atoms with van der Waals surface area (Å²) in [5.41, 5.74) is 0.937. The van der Waals surface area contributed by atoms with E-state index in [0.717, 1.165) is 0 Å². The van der Waals surface area contributed by atoms with Crippen LogP contribution in [-0.4, -0.2) is 33.3 Å². The highest BCUT2D eigenvalue weighted by molar-refractivity contribution is 5.51. The molecule has 0 aliphatic carbocycles. The van der Waals surface area contributed by atoms with E-state index < -0.39 is 12.6 Å². The summed E-state index contributed by atoms with van der Waals surface area (Å²) in [5.74, 6) is -0.344. The Labute approximate surface area is 94.0 Å². The highest BCUT2D eigenvalue weighted by atomic mass is 16.5. The second-order valence-electron chi connectivity index (χ2n) is 3.73. The van der Waals surface area contributed by atoms with Crippen LogP contribution in [0.2, 0.25) is 0 Å². The molecule has 1 atom stereocenters. The van der Waals surface area contributed by atoms with E-state index in [-0.39, 0.29) is 5.92 Å². The molecule has 0 bridgehead atoms. The van der Waals surface area contributed by atoms with Gasteiger partial charge in [0.1, 0.15) is 0 Å². The van der Waals surface area contributed by atoms with Crippen LogP contribution >= 0.6 is 0 Å². The van der Waals surface area contributed by atoms with Gasteiger partial charge in [-0.2, -0.15) is 0 Å². The number of benzene rings is 1. The first kappa shape index (κ1) is 12.9. The monoisotopic (exact) mass is 227 g/mol. The van der Waals surface area contributed by atoms with E-state index in [2.05, 4.69) is 5.32 Å². The molecule has 0 saturated heterocycles. The molecule has 0 spiro atoms. The van der Waals surface area contributed by atoms with Crippen molar-refractivity contribution in [2.75, 3.05) is 11.9 Å². The zero-order chi connectivity index (χ0) is 12.1. The van der Waals surface area contributed by atoms with Crippen LogP contribution in [0, 0.1) is 5.92 Å². The Morgan fingerprint density at radius 2 is 1.75 bits per heavy atom. The molecule has 0 fully saturated rings. The van der Waals surface area contributed by atoms with Crippen molar-refractivity contribution in [2.45, 2.75) is 19.5 Å². The van der Waals surface area contributed by atoms with Gasteiger partial charge in [0, 0.05) is 23.7 Å². The number of hydrogen-bond acceptors (Lipinski definition) is 5. The van der Waals surface area contributed by atoms with Crippen LogP contribution in [-0.2, 0) is 0 Å². The fraction of sp³-hybridized carbons (Fsp3) is 0.455. The van der Waals surface area contributed by atoms with E-state index in [4.69, 9.17) is 20.4 Å². The van der Waals surface area contributed by atoms with Crippen molar-refractivity contribution in [3.63, 3.8) is 0 Å². The van der Waals surface area contributed by atoms with Gasteiger partial charge in [-0.15, -0.1) is 0 Å². The lowest BCUT2D eigenvalue weighted by atomic mass is 10.1. The van der Waals surface area contributed by atoms with E-state index in [9.17, 15) is 0 Å². The van der Waals surface area contributed by atoms with Crippen LogP contribution in [0.25, 0.3) is 0 Å². The summed E-state index contributed by atoms with van der Waals surface area (Å²) in [6, 6.07) is 6.75. The maximum Gasteiger partial charge on any atom is 0.180 e. The molecule has 5 N–H and O–H groups in total. The van der Waals surface area contributed by atoms with Crippen molar-refractivity contribution in [2.24, 2.45) is 5.92 Å².